The first-order valence-corrected chi connectivity index (χ1v) is 13.5. The molecule has 0 bridgehead atoms. The number of aliphatic hydroxyl groups excluding tert-OH is 4. The minimum atomic E-state index is -1.63. The monoisotopic (exact) mass is 610 g/mol. The van der Waals surface area contributed by atoms with E-state index in [2.05, 4.69) is 15.3 Å². The molecule has 0 aromatic rings. The van der Waals surface area contributed by atoms with Crippen molar-refractivity contribution < 1.29 is 68.3 Å². The Labute approximate surface area is 242 Å². The van der Waals surface area contributed by atoms with Crippen LogP contribution in [0.4, 0.5) is 0 Å². The van der Waals surface area contributed by atoms with Crippen molar-refractivity contribution in [1.82, 2.24) is 5.32 Å². The Morgan fingerprint density at radius 3 is 2.05 bits per heavy atom. The molecule has 4 unspecified atom stereocenters. The summed E-state index contributed by atoms with van der Waals surface area (Å²) in [6.07, 6.45) is -10.5. The predicted octanol–water partition coefficient (Wildman–Crippen LogP) is -1.97. The summed E-state index contributed by atoms with van der Waals surface area (Å²) in [7, 11) is 2.61. The van der Waals surface area contributed by atoms with Crippen LogP contribution >= 0.6 is 0 Å². The second-order valence-electron chi connectivity index (χ2n) is 9.74. The number of ether oxygens (including phenoxy) is 7. The largest absolute Gasteiger partial charge is 0.480 e. The van der Waals surface area contributed by atoms with Gasteiger partial charge >= 0.3 is 5.97 Å². The number of unbranched alkanes of at least 4 members (excludes halogenated alkanes) is 3. The zero-order chi connectivity index (χ0) is 31.1. The summed E-state index contributed by atoms with van der Waals surface area (Å²) in [4.78, 5) is 25.9. The molecule has 2 saturated heterocycles. The molecule has 2 fully saturated rings. The van der Waals surface area contributed by atoms with Crippen molar-refractivity contribution in [3.63, 3.8) is 0 Å². The number of nitrogens with zero attached hydrogens (tertiary/aromatic N) is 3. The molecule has 2 aliphatic heterocycles. The van der Waals surface area contributed by atoms with E-state index in [1.54, 1.807) is 0 Å². The molecule has 0 aromatic heterocycles. The van der Waals surface area contributed by atoms with Gasteiger partial charge in [0.15, 0.2) is 12.6 Å². The molecule has 0 spiro atoms. The van der Waals surface area contributed by atoms with Gasteiger partial charge in [0.2, 0.25) is 5.91 Å². The van der Waals surface area contributed by atoms with Crippen LogP contribution < -0.4 is 5.32 Å². The number of carbonyl (C=O) groups is 2. The van der Waals surface area contributed by atoms with Crippen LogP contribution in [0.1, 0.15) is 25.7 Å². The maximum Gasteiger partial charge on any atom is 0.329 e. The summed E-state index contributed by atoms with van der Waals surface area (Å²) in [5, 5.41) is 57.6. The van der Waals surface area contributed by atoms with E-state index < -0.39 is 93.1 Å². The van der Waals surface area contributed by atoms with Gasteiger partial charge in [-0.1, -0.05) is 18.0 Å². The Bertz CT molecular complexity index is 865. The van der Waals surface area contributed by atoms with Crippen LogP contribution in [-0.2, 0) is 42.7 Å². The van der Waals surface area contributed by atoms with E-state index in [9.17, 15) is 30.0 Å². The fraction of sp³-hybridized carbons (Fsp3) is 0.917. The molecular weight excluding hydrogens is 568 g/mol. The molecule has 2 rings (SSSR count). The number of methoxy groups -OCH3 is 2. The lowest BCUT2D eigenvalue weighted by Gasteiger charge is -2.44. The highest BCUT2D eigenvalue weighted by Crippen LogP contribution is 2.28. The Hall–Kier alpha value is -2.19. The van der Waals surface area contributed by atoms with Gasteiger partial charge < -0.3 is 64.0 Å². The Balaban J connectivity index is 1.92. The van der Waals surface area contributed by atoms with E-state index in [-0.39, 0.29) is 6.61 Å². The lowest BCUT2D eigenvalue weighted by molar-refractivity contribution is -0.333. The van der Waals surface area contributed by atoms with Gasteiger partial charge in [0.1, 0.15) is 62.0 Å². The van der Waals surface area contributed by atoms with Crippen molar-refractivity contribution >= 4 is 11.9 Å². The number of carboxylic acid groups (broad SMARTS) is 1. The molecule has 0 saturated carbocycles. The van der Waals surface area contributed by atoms with Crippen LogP contribution in [0.15, 0.2) is 5.11 Å². The lowest BCUT2D eigenvalue weighted by Crippen LogP contribution is -2.62. The maximum absolute atomic E-state index is 12.2. The van der Waals surface area contributed by atoms with E-state index in [1.807, 2.05) is 0 Å². The third kappa shape index (κ3) is 11.1. The van der Waals surface area contributed by atoms with E-state index in [1.165, 1.54) is 14.2 Å². The van der Waals surface area contributed by atoms with Crippen molar-refractivity contribution in [2.75, 3.05) is 53.7 Å². The average molecular weight is 611 g/mol. The minimum Gasteiger partial charge on any atom is -0.480 e. The van der Waals surface area contributed by atoms with Gasteiger partial charge in [-0.2, -0.15) is 0 Å². The number of carboxylic acids is 1. The van der Waals surface area contributed by atoms with Gasteiger partial charge in [-0.15, -0.1) is 0 Å². The van der Waals surface area contributed by atoms with Crippen LogP contribution in [0.3, 0.4) is 0 Å². The van der Waals surface area contributed by atoms with Gasteiger partial charge in [-0.25, -0.2) is 4.79 Å². The SMILES string of the molecule is COCC1O[C@H](OCC2O[C@H](OC)C(O)[C@@H](OCC(=O)NCCCCCCN=[N+]=[N-])[C@@H]2O)C(O)[C@@H](OCC(=O)O)[C@@H]1O. The number of azide groups is 1. The van der Waals surface area contributed by atoms with Gasteiger partial charge in [0.05, 0.1) is 13.2 Å². The van der Waals surface area contributed by atoms with Crippen LogP contribution in [0, 0.1) is 0 Å². The Kier molecular flexibility index (Phi) is 16.4. The van der Waals surface area contributed by atoms with E-state index in [0.29, 0.717) is 19.5 Å². The molecule has 0 radical (unpaired) electrons. The van der Waals surface area contributed by atoms with Crippen molar-refractivity contribution in [3.05, 3.63) is 10.4 Å². The smallest absolute Gasteiger partial charge is 0.329 e. The lowest BCUT2D eigenvalue weighted by atomic mass is 9.98. The fourth-order valence-corrected chi connectivity index (χ4v) is 4.48. The fourth-order valence-electron chi connectivity index (χ4n) is 4.48. The highest BCUT2D eigenvalue weighted by molar-refractivity contribution is 5.77. The standard InChI is InChI=1S/C24H42N4O14/c1-36-9-13-17(32)22(39-12-16(30)31)20(35)24(42-13)40-10-14-18(33)21(19(34)23(37-2)41-14)38-11-15(29)26-7-5-3-4-6-8-27-28-25/h13-14,17-24,32-35H,3-12H2,1-2H3,(H,26,29)(H,30,31)/t13?,14?,17-,18-,19?,20?,21+,22+,23+,24+/m1/s1. The molecule has 18 nitrogen and oxygen atoms in total. The maximum atomic E-state index is 12.2. The first kappa shape index (κ1) is 36.0. The molecule has 1 amide bonds. The Morgan fingerprint density at radius 1 is 0.833 bits per heavy atom. The molecule has 0 aromatic carbocycles. The second kappa shape index (κ2) is 19.2. The molecule has 242 valence electrons. The van der Waals surface area contributed by atoms with Gasteiger partial charge in [-0.05, 0) is 18.4 Å². The van der Waals surface area contributed by atoms with Crippen molar-refractivity contribution in [2.45, 2.75) is 87.1 Å². The third-order valence-corrected chi connectivity index (χ3v) is 6.65. The van der Waals surface area contributed by atoms with Gasteiger partial charge in [0.25, 0.3) is 0 Å². The first-order chi connectivity index (χ1) is 20.1. The molecular formula is C24H42N4O14. The average Bonchev–Trinajstić information content (AvgIpc) is 2.96. The topological polar surface area (TPSA) is 261 Å². The van der Waals surface area contributed by atoms with E-state index in [0.717, 1.165) is 19.3 Å². The number of rotatable bonds is 19. The molecule has 2 aliphatic rings. The molecule has 10 atom stereocenters. The van der Waals surface area contributed by atoms with Crippen LogP contribution in [0.2, 0.25) is 0 Å². The molecule has 6 N–H and O–H groups in total. The highest BCUT2D eigenvalue weighted by atomic mass is 16.7. The van der Waals surface area contributed by atoms with Crippen molar-refractivity contribution in [3.8, 4) is 0 Å². The highest BCUT2D eigenvalue weighted by Gasteiger charge is 2.49. The number of carbonyl (C=O) groups excluding carboxylic acids is 1. The summed E-state index contributed by atoms with van der Waals surface area (Å²) in [5.41, 5.74) is 8.25. The van der Waals surface area contributed by atoms with Gasteiger partial charge in [0, 0.05) is 32.2 Å². The Morgan fingerprint density at radius 2 is 1.43 bits per heavy atom. The molecule has 0 aliphatic carbocycles. The number of aliphatic carboxylic acids is 1. The predicted molar refractivity (Wildman–Crippen MR) is 139 cm³/mol. The number of hydrogen-bond acceptors (Lipinski definition) is 14. The summed E-state index contributed by atoms with van der Waals surface area (Å²) in [5.74, 6) is -1.78. The van der Waals surface area contributed by atoms with Gasteiger partial charge in [-0.3, -0.25) is 4.79 Å². The molecule has 2 heterocycles. The van der Waals surface area contributed by atoms with Crippen LogP contribution in [0.5, 0.6) is 0 Å². The number of nitrogens with one attached hydrogen (secondary N) is 1. The summed E-state index contributed by atoms with van der Waals surface area (Å²) in [6, 6.07) is 0. The summed E-state index contributed by atoms with van der Waals surface area (Å²) >= 11 is 0. The number of amides is 1. The van der Waals surface area contributed by atoms with Crippen LogP contribution in [0.25, 0.3) is 10.4 Å². The molecule has 42 heavy (non-hydrogen) atoms. The number of aliphatic hydroxyl groups is 4. The van der Waals surface area contributed by atoms with Crippen LogP contribution in [-0.4, -0.2) is 153 Å². The molecule has 18 heteroatoms. The summed E-state index contributed by atoms with van der Waals surface area (Å²) < 4.78 is 37.6. The summed E-state index contributed by atoms with van der Waals surface area (Å²) in [6.45, 7) is -1.01. The minimum absolute atomic E-state index is 0.128. The third-order valence-electron chi connectivity index (χ3n) is 6.65. The van der Waals surface area contributed by atoms with E-state index in [4.69, 9.17) is 43.8 Å². The first-order valence-electron chi connectivity index (χ1n) is 13.5. The second-order valence-corrected chi connectivity index (χ2v) is 9.74. The van der Waals surface area contributed by atoms with Crippen molar-refractivity contribution in [2.24, 2.45) is 5.11 Å². The quantitative estimate of drug-likeness (QED) is 0.0401. The zero-order valence-corrected chi connectivity index (χ0v) is 23.6. The zero-order valence-electron chi connectivity index (χ0n) is 23.6. The van der Waals surface area contributed by atoms with Crippen molar-refractivity contribution in [1.29, 1.82) is 0 Å². The van der Waals surface area contributed by atoms with E-state index >= 15 is 0 Å². The number of hydrogen-bond donors (Lipinski definition) is 6. The normalized spacial score (nSPS) is 33.1.